The van der Waals surface area contributed by atoms with E-state index in [1.54, 1.807) is 36.4 Å². The molecule has 0 aliphatic carbocycles. The molecule has 0 radical (unpaired) electrons. The van der Waals surface area contributed by atoms with Gasteiger partial charge >= 0.3 is 0 Å². The highest BCUT2D eigenvalue weighted by atomic mass is 79.9. The Balaban J connectivity index is 2.08. The van der Waals surface area contributed by atoms with Crippen LogP contribution in [0.1, 0.15) is 16.7 Å². The van der Waals surface area contributed by atoms with Crippen molar-refractivity contribution in [3.63, 3.8) is 0 Å². The van der Waals surface area contributed by atoms with E-state index >= 15 is 0 Å². The molecular formula is C27H28BrCl2N3O4S. The van der Waals surface area contributed by atoms with Crippen LogP contribution in [0.3, 0.4) is 0 Å². The molecule has 38 heavy (non-hydrogen) atoms. The molecule has 0 saturated carbocycles. The normalized spacial score (nSPS) is 12.1. The summed E-state index contributed by atoms with van der Waals surface area (Å²) in [4.78, 5) is 28.4. The summed E-state index contributed by atoms with van der Waals surface area (Å²) in [5.41, 5.74) is 2.41. The number of nitrogens with zero attached hydrogens (tertiary/aromatic N) is 2. The van der Waals surface area contributed by atoms with Crippen molar-refractivity contribution in [3.05, 3.63) is 97.9 Å². The number of halogens is 3. The summed E-state index contributed by atoms with van der Waals surface area (Å²) in [6.07, 6.45) is 1.23. The third-order valence-electron chi connectivity index (χ3n) is 6.02. The summed E-state index contributed by atoms with van der Waals surface area (Å²) in [7, 11) is -2.37. The van der Waals surface area contributed by atoms with Crippen LogP contribution in [-0.4, -0.2) is 51.0 Å². The summed E-state index contributed by atoms with van der Waals surface area (Å²) in [6, 6.07) is 18.3. The van der Waals surface area contributed by atoms with Crippen molar-refractivity contribution >= 4 is 66.7 Å². The highest BCUT2D eigenvalue weighted by Crippen LogP contribution is 2.29. The first-order valence-electron chi connectivity index (χ1n) is 11.6. The highest BCUT2D eigenvalue weighted by Gasteiger charge is 2.33. The molecule has 0 fully saturated rings. The number of nitrogens with one attached hydrogen (secondary N) is 1. The standard InChI is InChI=1S/C27H28BrCl2N3O4S/c1-18-14-20(12-13-22(18)28)33(38(3,36)37)17-26(34)32(16-21-23(29)10-7-11-24(21)30)25(27(35)31-2)15-19-8-5-4-6-9-19/h4-14,25H,15-17H2,1-3H3,(H,31,35)/t25-/m0/s1. The Labute approximate surface area is 241 Å². The van der Waals surface area contributed by atoms with Gasteiger partial charge in [0.1, 0.15) is 12.6 Å². The summed E-state index contributed by atoms with van der Waals surface area (Å²) >= 11 is 16.3. The topological polar surface area (TPSA) is 86.8 Å². The van der Waals surface area contributed by atoms with Crippen molar-refractivity contribution in [2.75, 3.05) is 24.2 Å². The second-order valence-corrected chi connectivity index (χ2v) is 12.3. The molecule has 2 amide bonds. The van der Waals surface area contributed by atoms with E-state index in [9.17, 15) is 18.0 Å². The van der Waals surface area contributed by atoms with Crippen molar-refractivity contribution in [1.29, 1.82) is 0 Å². The lowest BCUT2D eigenvalue weighted by atomic mass is 10.0. The van der Waals surface area contributed by atoms with E-state index in [2.05, 4.69) is 21.2 Å². The predicted octanol–water partition coefficient (Wildman–Crippen LogP) is 5.22. The quantitative estimate of drug-likeness (QED) is 0.329. The van der Waals surface area contributed by atoms with E-state index in [0.717, 1.165) is 26.2 Å². The minimum absolute atomic E-state index is 0.0980. The summed E-state index contributed by atoms with van der Waals surface area (Å²) in [6.45, 7) is 1.20. The van der Waals surface area contributed by atoms with E-state index in [1.807, 2.05) is 37.3 Å². The molecule has 0 aromatic heterocycles. The second kappa shape index (κ2) is 13.0. The minimum atomic E-state index is -3.86. The van der Waals surface area contributed by atoms with Crippen molar-refractivity contribution in [2.45, 2.75) is 25.9 Å². The lowest BCUT2D eigenvalue weighted by molar-refractivity contribution is -0.139. The highest BCUT2D eigenvalue weighted by molar-refractivity contribution is 9.10. The van der Waals surface area contributed by atoms with Gasteiger partial charge < -0.3 is 10.2 Å². The zero-order chi connectivity index (χ0) is 28.0. The maximum atomic E-state index is 13.9. The van der Waals surface area contributed by atoms with E-state index in [-0.39, 0.29) is 13.0 Å². The molecule has 3 aromatic rings. The van der Waals surface area contributed by atoms with Gasteiger partial charge in [-0.2, -0.15) is 0 Å². The van der Waals surface area contributed by atoms with Gasteiger partial charge in [0.05, 0.1) is 11.9 Å². The first-order chi connectivity index (χ1) is 17.9. The Kier molecular flexibility index (Phi) is 10.2. The summed E-state index contributed by atoms with van der Waals surface area (Å²) in [5.74, 6) is -0.993. The second-order valence-electron chi connectivity index (χ2n) is 8.74. The Morgan fingerprint density at radius 3 is 2.18 bits per heavy atom. The molecule has 1 atom stereocenters. The number of likely N-dealkylation sites (N-methyl/N-ethyl adjacent to an activating group) is 1. The number of anilines is 1. The third kappa shape index (κ3) is 7.50. The van der Waals surface area contributed by atoms with Gasteiger partial charge in [-0.15, -0.1) is 0 Å². The fourth-order valence-electron chi connectivity index (χ4n) is 3.97. The number of amides is 2. The number of benzene rings is 3. The maximum absolute atomic E-state index is 13.9. The average Bonchev–Trinajstić information content (AvgIpc) is 2.87. The van der Waals surface area contributed by atoms with E-state index < -0.39 is 34.4 Å². The molecule has 0 heterocycles. The molecule has 1 N–H and O–H groups in total. The molecular weight excluding hydrogens is 613 g/mol. The van der Waals surface area contributed by atoms with Gasteiger partial charge in [-0.25, -0.2) is 8.42 Å². The molecule has 0 unspecified atom stereocenters. The van der Waals surface area contributed by atoms with Crippen LogP contribution in [-0.2, 0) is 32.6 Å². The van der Waals surface area contributed by atoms with E-state index in [4.69, 9.17) is 23.2 Å². The fraction of sp³-hybridized carbons (Fsp3) is 0.259. The van der Waals surface area contributed by atoms with E-state index in [1.165, 1.54) is 11.9 Å². The predicted molar refractivity (Wildman–Crippen MR) is 156 cm³/mol. The smallest absolute Gasteiger partial charge is 0.244 e. The van der Waals surface area contributed by atoms with Gasteiger partial charge in [-0.1, -0.05) is 75.5 Å². The Morgan fingerprint density at radius 1 is 1.00 bits per heavy atom. The van der Waals surface area contributed by atoms with Gasteiger partial charge in [-0.05, 0) is 48.4 Å². The molecule has 202 valence electrons. The maximum Gasteiger partial charge on any atom is 0.244 e. The van der Waals surface area contributed by atoms with E-state index in [0.29, 0.717) is 21.3 Å². The molecule has 3 rings (SSSR count). The van der Waals surface area contributed by atoms with Crippen molar-refractivity contribution in [3.8, 4) is 0 Å². The molecule has 11 heteroatoms. The van der Waals surface area contributed by atoms with Crippen LogP contribution in [0.5, 0.6) is 0 Å². The molecule has 0 saturated heterocycles. The number of sulfonamides is 1. The van der Waals surface area contributed by atoms with Crippen LogP contribution in [0.15, 0.2) is 71.2 Å². The van der Waals surface area contributed by atoms with Crippen LogP contribution in [0.4, 0.5) is 5.69 Å². The van der Waals surface area contributed by atoms with Gasteiger partial charge in [0, 0.05) is 40.1 Å². The molecule has 0 aliphatic rings. The van der Waals surface area contributed by atoms with Crippen LogP contribution >= 0.6 is 39.1 Å². The SMILES string of the molecule is CNC(=O)[C@H](Cc1ccccc1)N(Cc1c(Cl)cccc1Cl)C(=O)CN(c1ccc(Br)c(C)c1)S(C)(=O)=O. The zero-order valence-electron chi connectivity index (χ0n) is 21.1. The number of aryl methyl sites for hydroxylation is 1. The molecule has 7 nitrogen and oxygen atoms in total. The van der Waals surface area contributed by atoms with Crippen molar-refractivity contribution in [1.82, 2.24) is 10.2 Å². The number of hydrogen-bond acceptors (Lipinski definition) is 4. The van der Waals surface area contributed by atoms with Crippen LogP contribution in [0.2, 0.25) is 10.0 Å². The van der Waals surface area contributed by atoms with Gasteiger partial charge in [0.25, 0.3) is 0 Å². The number of rotatable bonds is 10. The van der Waals surface area contributed by atoms with Gasteiger partial charge in [0.2, 0.25) is 21.8 Å². The largest absolute Gasteiger partial charge is 0.357 e. The molecule has 3 aromatic carbocycles. The third-order valence-corrected chi connectivity index (χ3v) is 8.75. The first kappa shape index (κ1) is 30.0. The lowest BCUT2D eigenvalue weighted by Crippen LogP contribution is -2.53. The van der Waals surface area contributed by atoms with Crippen LogP contribution < -0.4 is 9.62 Å². The summed E-state index contributed by atoms with van der Waals surface area (Å²) < 4.78 is 27.5. The average molecular weight is 641 g/mol. The molecule has 0 spiro atoms. The number of hydrogen-bond donors (Lipinski definition) is 1. The van der Waals surface area contributed by atoms with Gasteiger partial charge in [-0.3, -0.25) is 13.9 Å². The number of carbonyl (C=O) groups is 2. The zero-order valence-corrected chi connectivity index (χ0v) is 25.0. The lowest BCUT2D eigenvalue weighted by Gasteiger charge is -2.33. The Hall–Kier alpha value is -2.59. The minimum Gasteiger partial charge on any atom is -0.357 e. The van der Waals surface area contributed by atoms with Crippen molar-refractivity contribution < 1.29 is 18.0 Å². The van der Waals surface area contributed by atoms with Crippen LogP contribution in [0, 0.1) is 6.92 Å². The number of carbonyl (C=O) groups excluding carboxylic acids is 2. The van der Waals surface area contributed by atoms with Gasteiger partial charge in [0.15, 0.2) is 0 Å². The monoisotopic (exact) mass is 639 g/mol. The Morgan fingerprint density at radius 2 is 1.63 bits per heavy atom. The van der Waals surface area contributed by atoms with Crippen molar-refractivity contribution in [2.24, 2.45) is 0 Å². The first-order valence-corrected chi connectivity index (χ1v) is 15.0. The fourth-order valence-corrected chi connectivity index (χ4v) is 5.58. The van der Waals surface area contributed by atoms with Crippen LogP contribution in [0.25, 0.3) is 0 Å². The summed E-state index contributed by atoms with van der Waals surface area (Å²) in [5, 5.41) is 3.28. The Bertz CT molecular complexity index is 1400. The molecule has 0 aliphatic heterocycles. The molecule has 0 bridgehead atoms.